The predicted octanol–water partition coefficient (Wildman–Crippen LogP) is 2.61. The van der Waals surface area contributed by atoms with Crippen molar-refractivity contribution < 1.29 is 9.47 Å². The quantitative estimate of drug-likeness (QED) is 0.864. The molecule has 1 atom stereocenters. The van der Waals surface area contributed by atoms with Gasteiger partial charge in [0.25, 0.3) is 0 Å². The van der Waals surface area contributed by atoms with Gasteiger partial charge in [0.1, 0.15) is 16.8 Å². The Morgan fingerprint density at radius 1 is 1.57 bits per heavy atom. The highest BCUT2D eigenvalue weighted by atomic mass is 79.9. The fourth-order valence-corrected chi connectivity index (χ4v) is 3.07. The van der Waals surface area contributed by atoms with Crippen LogP contribution in [0.4, 0.5) is 0 Å². The van der Waals surface area contributed by atoms with E-state index in [0.717, 1.165) is 26.0 Å². The molecule has 1 aromatic carbocycles. The van der Waals surface area contributed by atoms with Crippen molar-refractivity contribution in [2.45, 2.75) is 6.04 Å². The van der Waals surface area contributed by atoms with Crippen molar-refractivity contribution in [3.63, 3.8) is 0 Å². The molecule has 76 valence electrons. The molecular formula is C9H9Br2NO2. The topological polar surface area (TPSA) is 44.5 Å². The van der Waals surface area contributed by atoms with Crippen LogP contribution in [0.25, 0.3) is 0 Å². The molecule has 1 heterocycles. The summed E-state index contributed by atoms with van der Waals surface area (Å²) in [4.78, 5) is 0. The summed E-state index contributed by atoms with van der Waals surface area (Å²) in [6.45, 7) is 0.521. The van der Waals surface area contributed by atoms with Crippen LogP contribution in [0.3, 0.4) is 0 Å². The van der Waals surface area contributed by atoms with Crippen LogP contribution in [0.1, 0.15) is 11.6 Å². The maximum Gasteiger partial charge on any atom is 0.151 e. The number of rotatable bonds is 1. The second kappa shape index (κ2) is 3.72. The second-order valence-electron chi connectivity index (χ2n) is 3.04. The lowest BCUT2D eigenvalue weighted by Crippen LogP contribution is -2.10. The van der Waals surface area contributed by atoms with Gasteiger partial charge in [-0.2, -0.15) is 0 Å². The standard InChI is InChI=1S/C9H9Br2NO2/c1-13-9-5(10)2-4-6(12)3-14-8(4)7(9)11/h2,6H,3,12H2,1H3/t6-/m1/s1. The summed E-state index contributed by atoms with van der Waals surface area (Å²) < 4.78 is 12.4. The molecule has 0 bridgehead atoms. The molecule has 0 fully saturated rings. The molecular weight excluding hydrogens is 314 g/mol. The molecule has 0 radical (unpaired) electrons. The first-order valence-electron chi connectivity index (χ1n) is 4.09. The minimum Gasteiger partial charge on any atom is -0.494 e. The highest BCUT2D eigenvalue weighted by Crippen LogP contribution is 2.46. The van der Waals surface area contributed by atoms with Crippen LogP contribution in [0, 0.1) is 0 Å². The normalized spacial score (nSPS) is 19.0. The third-order valence-electron chi connectivity index (χ3n) is 2.17. The molecule has 1 aromatic rings. The lowest BCUT2D eigenvalue weighted by molar-refractivity contribution is 0.328. The fourth-order valence-electron chi connectivity index (χ4n) is 1.47. The number of benzene rings is 1. The smallest absolute Gasteiger partial charge is 0.151 e. The molecule has 0 amide bonds. The first-order chi connectivity index (χ1) is 6.65. The number of halogens is 2. The number of fused-ring (bicyclic) bond motifs is 1. The van der Waals surface area contributed by atoms with Crippen LogP contribution in [0.2, 0.25) is 0 Å². The van der Waals surface area contributed by atoms with Crippen LogP contribution < -0.4 is 15.2 Å². The summed E-state index contributed by atoms with van der Waals surface area (Å²) in [5.41, 5.74) is 6.87. The number of hydrogen-bond donors (Lipinski definition) is 1. The Balaban J connectivity index is 2.63. The Hall–Kier alpha value is -0.260. The van der Waals surface area contributed by atoms with E-state index in [1.54, 1.807) is 7.11 Å². The average Bonchev–Trinajstić information content (AvgIpc) is 2.49. The highest BCUT2D eigenvalue weighted by molar-refractivity contribution is 9.11. The van der Waals surface area contributed by atoms with Gasteiger partial charge in [-0.1, -0.05) is 0 Å². The zero-order valence-electron chi connectivity index (χ0n) is 7.51. The van der Waals surface area contributed by atoms with Crippen molar-refractivity contribution in [2.75, 3.05) is 13.7 Å². The summed E-state index contributed by atoms with van der Waals surface area (Å²) in [5.74, 6) is 1.52. The monoisotopic (exact) mass is 321 g/mol. The summed E-state index contributed by atoms with van der Waals surface area (Å²) in [6, 6.07) is 1.89. The summed E-state index contributed by atoms with van der Waals surface area (Å²) in [5, 5.41) is 0. The SMILES string of the molecule is COc1c(Br)cc2c(c1Br)OC[C@H]2N. The zero-order chi connectivity index (χ0) is 10.3. The molecule has 1 aliphatic rings. The van der Waals surface area contributed by atoms with Crippen molar-refractivity contribution >= 4 is 31.9 Å². The lowest BCUT2D eigenvalue weighted by atomic mass is 10.1. The van der Waals surface area contributed by atoms with Gasteiger partial charge in [-0.05, 0) is 37.9 Å². The number of nitrogens with two attached hydrogens (primary N) is 1. The zero-order valence-corrected chi connectivity index (χ0v) is 10.7. The van der Waals surface area contributed by atoms with Gasteiger partial charge < -0.3 is 15.2 Å². The highest BCUT2D eigenvalue weighted by Gasteiger charge is 2.26. The molecule has 0 saturated carbocycles. The largest absolute Gasteiger partial charge is 0.494 e. The van der Waals surface area contributed by atoms with Crippen LogP contribution >= 0.6 is 31.9 Å². The Morgan fingerprint density at radius 2 is 2.29 bits per heavy atom. The Morgan fingerprint density at radius 3 is 2.93 bits per heavy atom. The van der Waals surface area contributed by atoms with E-state index < -0.39 is 0 Å². The lowest BCUT2D eigenvalue weighted by Gasteiger charge is -2.10. The first kappa shape index (κ1) is 10.3. The fraction of sp³-hybridized carbons (Fsp3) is 0.333. The molecule has 3 nitrogen and oxygen atoms in total. The van der Waals surface area contributed by atoms with Crippen LogP contribution in [0.5, 0.6) is 11.5 Å². The average molecular weight is 323 g/mol. The minimum atomic E-state index is -0.0523. The maximum atomic E-state index is 5.87. The maximum absolute atomic E-state index is 5.87. The van der Waals surface area contributed by atoms with E-state index >= 15 is 0 Å². The molecule has 0 unspecified atom stereocenters. The Bertz CT molecular complexity index is 382. The minimum absolute atomic E-state index is 0.0523. The van der Waals surface area contributed by atoms with Crippen molar-refractivity contribution in [1.82, 2.24) is 0 Å². The summed E-state index contributed by atoms with van der Waals surface area (Å²) in [7, 11) is 1.62. The van der Waals surface area contributed by atoms with E-state index in [4.69, 9.17) is 15.2 Å². The van der Waals surface area contributed by atoms with E-state index in [1.165, 1.54) is 0 Å². The van der Waals surface area contributed by atoms with Gasteiger partial charge in [-0.25, -0.2) is 0 Å². The van der Waals surface area contributed by atoms with E-state index in [9.17, 15) is 0 Å². The van der Waals surface area contributed by atoms with E-state index in [-0.39, 0.29) is 6.04 Å². The molecule has 1 aliphatic heterocycles. The summed E-state index contributed by atoms with van der Waals surface area (Å²) in [6.07, 6.45) is 0. The third-order valence-corrected chi connectivity index (χ3v) is 3.48. The molecule has 2 rings (SSSR count). The van der Waals surface area contributed by atoms with Crippen LogP contribution in [-0.4, -0.2) is 13.7 Å². The van der Waals surface area contributed by atoms with Gasteiger partial charge in [-0.3, -0.25) is 0 Å². The molecule has 0 aliphatic carbocycles. The number of hydrogen-bond acceptors (Lipinski definition) is 3. The predicted molar refractivity (Wildman–Crippen MR) is 60.8 cm³/mol. The number of methoxy groups -OCH3 is 1. The number of ether oxygens (including phenoxy) is 2. The van der Waals surface area contributed by atoms with Gasteiger partial charge in [0.2, 0.25) is 0 Å². The molecule has 0 spiro atoms. The van der Waals surface area contributed by atoms with Gasteiger partial charge in [0.15, 0.2) is 5.75 Å². The molecule has 0 aromatic heterocycles. The molecule has 2 N–H and O–H groups in total. The first-order valence-corrected chi connectivity index (χ1v) is 5.68. The van der Waals surface area contributed by atoms with Crippen molar-refractivity contribution in [3.05, 3.63) is 20.6 Å². The third kappa shape index (κ3) is 1.43. The molecule has 5 heteroatoms. The Kier molecular flexibility index (Phi) is 2.72. The van der Waals surface area contributed by atoms with Gasteiger partial charge in [0, 0.05) is 5.56 Å². The van der Waals surface area contributed by atoms with E-state index in [2.05, 4.69) is 31.9 Å². The van der Waals surface area contributed by atoms with E-state index in [0.29, 0.717) is 6.61 Å². The molecule has 14 heavy (non-hydrogen) atoms. The van der Waals surface area contributed by atoms with E-state index in [1.807, 2.05) is 6.07 Å². The second-order valence-corrected chi connectivity index (χ2v) is 4.69. The van der Waals surface area contributed by atoms with Crippen molar-refractivity contribution in [1.29, 1.82) is 0 Å². The van der Waals surface area contributed by atoms with Gasteiger partial charge >= 0.3 is 0 Å². The van der Waals surface area contributed by atoms with Crippen molar-refractivity contribution in [3.8, 4) is 11.5 Å². The summed E-state index contributed by atoms with van der Waals surface area (Å²) >= 11 is 6.86. The van der Waals surface area contributed by atoms with Gasteiger partial charge in [0.05, 0.1) is 17.6 Å². The van der Waals surface area contributed by atoms with Crippen molar-refractivity contribution in [2.24, 2.45) is 5.73 Å². The van der Waals surface area contributed by atoms with Crippen LogP contribution in [0.15, 0.2) is 15.0 Å². The van der Waals surface area contributed by atoms with Crippen LogP contribution in [-0.2, 0) is 0 Å². The molecule has 0 saturated heterocycles. The Labute approximate surface area is 98.8 Å². The van der Waals surface area contributed by atoms with Gasteiger partial charge in [-0.15, -0.1) is 0 Å².